The van der Waals surface area contributed by atoms with Gasteiger partial charge >= 0.3 is 0 Å². The number of nitrogens with one attached hydrogen (secondary N) is 3. The van der Waals surface area contributed by atoms with Crippen LogP contribution in [0.15, 0.2) is 49.1 Å². The first kappa shape index (κ1) is 22.9. The Balaban J connectivity index is 1.22. The van der Waals surface area contributed by atoms with E-state index in [1.165, 1.54) is 0 Å². The van der Waals surface area contributed by atoms with Gasteiger partial charge in [-0.05, 0) is 44.2 Å². The van der Waals surface area contributed by atoms with Gasteiger partial charge in [-0.2, -0.15) is 5.10 Å². The SMILES string of the molecule is CN1CCN(c2nccc3[nH]c(-c4[nH]nc5ncc(-c6cncc(NC(=O)C7CCC7)c6)cc45)cc23)CC1. The van der Waals surface area contributed by atoms with Crippen LogP contribution in [0.1, 0.15) is 19.3 Å². The number of likely N-dealkylation sites (N-methyl/N-ethyl adjacent to an activating group) is 1. The van der Waals surface area contributed by atoms with Crippen molar-refractivity contribution in [3.05, 3.63) is 49.1 Å². The van der Waals surface area contributed by atoms with E-state index in [9.17, 15) is 4.79 Å². The monoisotopic (exact) mass is 507 g/mol. The maximum absolute atomic E-state index is 12.4. The average molecular weight is 508 g/mol. The molecule has 0 spiro atoms. The second-order valence-electron chi connectivity index (χ2n) is 10.3. The number of nitrogens with zero attached hydrogens (tertiary/aromatic N) is 6. The highest BCUT2D eigenvalue weighted by atomic mass is 16.1. The molecule has 6 heterocycles. The number of aromatic amines is 2. The number of amides is 1. The van der Waals surface area contributed by atoms with Gasteiger partial charge < -0.3 is 20.1 Å². The Morgan fingerprint density at radius 3 is 2.66 bits per heavy atom. The largest absolute Gasteiger partial charge is 0.353 e. The number of anilines is 2. The van der Waals surface area contributed by atoms with Crippen molar-refractivity contribution in [2.75, 3.05) is 43.4 Å². The van der Waals surface area contributed by atoms with Crippen molar-refractivity contribution in [1.82, 2.24) is 35.0 Å². The summed E-state index contributed by atoms with van der Waals surface area (Å²) in [5, 5.41) is 12.7. The molecule has 7 rings (SSSR count). The zero-order valence-electron chi connectivity index (χ0n) is 21.2. The van der Waals surface area contributed by atoms with Crippen molar-refractivity contribution in [1.29, 1.82) is 0 Å². The van der Waals surface area contributed by atoms with Crippen molar-refractivity contribution < 1.29 is 4.79 Å². The fourth-order valence-electron chi connectivity index (χ4n) is 5.29. The molecule has 0 bridgehead atoms. The zero-order valence-corrected chi connectivity index (χ0v) is 21.2. The molecule has 0 radical (unpaired) electrons. The summed E-state index contributed by atoms with van der Waals surface area (Å²) in [5.41, 5.74) is 5.98. The van der Waals surface area contributed by atoms with Gasteiger partial charge in [-0.25, -0.2) is 9.97 Å². The highest BCUT2D eigenvalue weighted by Crippen LogP contribution is 2.34. The lowest BCUT2D eigenvalue weighted by Crippen LogP contribution is -2.44. The molecule has 1 amide bonds. The number of rotatable bonds is 5. The summed E-state index contributed by atoms with van der Waals surface area (Å²) in [5.74, 6) is 1.20. The molecule has 10 nitrogen and oxygen atoms in total. The summed E-state index contributed by atoms with van der Waals surface area (Å²) >= 11 is 0. The molecule has 3 N–H and O–H groups in total. The lowest BCUT2D eigenvalue weighted by Gasteiger charge is -2.33. The van der Waals surface area contributed by atoms with Gasteiger partial charge in [-0.15, -0.1) is 0 Å². The number of pyridine rings is 3. The summed E-state index contributed by atoms with van der Waals surface area (Å²) < 4.78 is 0. The molecule has 5 aromatic rings. The van der Waals surface area contributed by atoms with E-state index in [2.05, 4.69) is 59.4 Å². The molecule has 5 aromatic heterocycles. The number of carbonyl (C=O) groups is 1. The molecule has 0 unspecified atom stereocenters. The highest BCUT2D eigenvalue weighted by Gasteiger charge is 2.25. The predicted molar refractivity (Wildman–Crippen MR) is 148 cm³/mol. The average Bonchev–Trinajstić information content (AvgIpc) is 3.52. The smallest absolute Gasteiger partial charge is 0.227 e. The van der Waals surface area contributed by atoms with Gasteiger partial charge in [0.25, 0.3) is 0 Å². The van der Waals surface area contributed by atoms with Crippen LogP contribution in [0, 0.1) is 5.92 Å². The van der Waals surface area contributed by atoms with Crippen LogP contribution in [-0.4, -0.2) is 74.2 Å². The lowest BCUT2D eigenvalue weighted by atomic mass is 9.85. The first-order valence-corrected chi connectivity index (χ1v) is 13.1. The Bertz CT molecular complexity index is 1640. The molecule has 192 valence electrons. The molecule has 0 atom stereocenters. The zero-order chi connectivity index (χ0) is 25.6. The van der Waals surface area contributed by atoms with Crippen LogP contribution >= 0.6 is 0 Å². The minimum atomic E-state index is 0.0742. The summed E-state index contributed by atoms with van der Waals surface area (Å²) in [6, 6.07) is 8.17. The minimum Gasteiger partial charge on any atom is -0.353 e. The molecule has 10 heteroatoms. The maximum atomic E-state index is 12.4. The van der Waals surface area contributed by atoms with E-state index < -0.39 is 0 Å². The van der Waals surface area contributed by atoms with Gasteiger partial charge in [0.15, 0.2) is 5.65 Å². The standard InChI is InChI=1S/C28H29N9O/c1-36-7-9-37(10-8-36)27-21-13-24(33-23(21)5-6-30-27)25-22-12-19(15-31-26(22)35-34-25)18-11-20(16-29-14-18)32-28(38)17-3-2-4-17/h5-6,11-17,33H,2-4,7-10H2,1H3,(H,32,38)(H,31,34,35). The molecule has 1 aliphatic carbocycles. The Morgan fingerprint density at radius 1 is 1.00 bits per heavy atom. The number of aromatic nitrogens is 6. The first-order chi connectivity index (χ1) is 18.6. The van der Waals surface area contributed by atoms with Gasteiger partial charge in [-0.1, -0.05) is 6.42 Å². The summed E-state index contributed by atoms with van der Waals surface area (Å²) in [7, 11) is 2.16. The number of hydrogen-bond acceptors (Lipinski definition) is 7. The third-order valence-corrected chi connectivity index (χ3v) is 7.82. The molecule has 1 saturated carbocycles. The second kappa shape index (κ2) is 9.21. The van der Waals surface area contributed by atoms with Gasteiger partial charge in [0, 0.05) is 72.6 Å². The second-order valence-corrected chi connectivity index (χ2v) is 10.3. The van der Waals surface area contributed by atoms with E-state index in [4.69, 9.17) is 4.98 Å². The third kappa shape index (κ3) is 4.06. The molecule has 1 saturated heterocycles. The van der Waals surface area contributed by atoms with Crippen molar-refractivity contribution in [3.8, 4) is 22.5 Å². The van der Waals surface area contributed by atoms with Crippen LogP contribution in [0.4, 0.5) is 11.5 Å². The fraction of sp³-hybridized carbons (Fsp3) is 0.321. The van der Waals surface area contributed by atoms with Crippen LogP contribution in [0.2, 0.25) is 0 Å². The molecular formula is C28H29N9O. The molecule has 2 aliphatic rings. The van der Waals surface area contributed by atoms with Gasteiger partial charge in [0.05, 0.1) is 28.8 Å². The van der Waals surface area contributed by atoms with Crippen LogP contribution in [0.25, 0.3) is 44.5 Å². The van der Waals surface area contributed by atoms with Crippen LogP contribution in [0.5, 0.6) is 0 Å². The maximum Gasteiger partial charge on any atom is 0.227 e. The van der Waals surface area contributed by atoms with Gasteiger partial charge in [0.1, 0.15) is 5.82 Å². The Kier molecular flexibility index (Phi) is 5.54. The first-order valence-electron chi connectivity index (χ1n) is 13.1. The van der Waals surface area contributed by atoms with Gasteiger partial charge in [0.2, 0.25) is 5.91 Å². The van der Waals surface area contributed by atoms with Crippen molar-refractivity contribution in [3.63, 3.8) is 0 Å². The van der Waals surface area contributed by atoms with E-state index in [0.29, 0.717) is 11.3 Å². The number of fused-ring (bicyclic) bond motifs is 2. The van der Waals surface area contributed by atoms with Crippen molar-refractivity contribution in [2.45, 2.75) is 19.3 Å². The molecule has 1 aliphatic heterocycles. The van der Waals surface area contributed by atoms with E-state index >= 15 is 0 Å². The third-order valence-electron chi connectivity index (χ3n) is 7.82. The summed E-state index contributed by atoms with van der Waals surface area (Å²) in [6.45, 7) is 3.96. The van der Waals surface area contributed by atoms with Gasteiger partial charge in [-0.3, -0.25) is 14.9 Å². The van der Waals surface area contributed by atoms with Crippen molar-refractivity contribution in [2.24, 2.45) is 5.92 Å². The number of carbonyl (C=O) groups excluding carboxylic acids is 1. The summed E-state index contributed by atoms with van der Waals surface area (Å²) in [6.07, 6.45) is 10.2. The normalized spacial score (nSPS) is 16.7. The number of hydrogen-bond donors (Lipinski definition) is 3. The number of piperazine rings is 1. The van der Waals surface area contributed by atoms with Crippen LogP contribution in [-0.2, 0) is 4.79 Å². The predicted octanol–water partition coefficient (Wildman–Crippen LogP) is 4.05. The lowest BCUT2D eigenvalue weighted by molar-refractivity contribution is -0.122. The molecule has 38 heavy (non-hydrogen) atoms. The Morgan fingerprint density at radius 2 is 1.84 bits per heavy atom. The topological polar surface area (TPSA) is 119 Å². The quantitative estimate of drug-likeness (QED) is 0.328. The van der Waals surface area contributed by atoms with E-state index in [-0.39, 0.29) is 11.8 Å². The highest BCUT2D eigenvalue weighted by molar-refractivity contribution is 5.99. The van der Waals surface area contributed by atoms with E-state index in [1.54, 1.807) is 18.6 Å². The van der Waals surface area contributed by atoms with E-state index in [1.807, 2.05) is 18.3 Å². The minimum absolute atomic E-state index is 0.0742. The van der Waals surface area contributed by atoms with E-state index in [0.717, 1.165) is 90.1 Å². The fourth-order valence-corrected chi connectivity index (χ4v) is 5.29. The van der Waals surface area contributed by atoms with Crippen LogP contribution in [0.3, 0.4) is 0 Å². The molecule has 0 aromatic carbocycles. The van der Waals surface area contributed by atoms with Crippen molar-refractivity contribution >= 4 is 39.3 Å². The van der Waals surface area contributed by atoms with Crippen LogP contribution < -0.4 is 10.2 Å². The molecular weight excluding hydrogens is 478 g/mol. The Hall–Kier alpha value is -4.31. The summed E-state index contributed by atoms with van der Waals surface area (Å²) in [4.78, 5) is 34.4. The Labute approximate surface area is 219 Å². The molecule has 2 fully saturated rings. The number of H-pyrrole nitrogens is 2.